The monoisotopic (exact) mass is 168 g/mol. The maximum absolute atomic E-state index is 8.40. The molecule has 5 heteroatoms. The molecule has 1 rings (SSSR count). The van der Waals surface area contributed by atoms with Crippen molar-refractivity contribution in [2.75, 3.05) is 0 Å². The lowest BCUT2D eigenvalue weighted by Crippen LogP contribution is -2.24. The van der Waals surface area contributed by atoms with E-state index in [0.29, 0.717) is 0 Å². The van der Waals surface area contributed by atoms with E-state index in [1.54, 1.807) is 10.9 Å². The minimum Gasteiger partial charge on any atom is -0.409 e. The van der Waals surface area contributed by atoms with Crippen molar-refractivity contribution in [2.45, 2.75) is 19.9 Å². The Balaban J connectivity index is 2.85. The van der Waals surface area contributed by atoms with E-state index < -0.39 is 0 Å². The first kappa shape index (κ1) is 8.58. The van der Waals surface area contributed by atoms with Crippen LogP contribution < -0.4 is 5.73 Å². The SMILES string of the molecule is Cc1cnn(C(C)/C(N)=N/O)c1. The third-order valence-corrected chi connectivity index (χ3v) is 1.67. The summed E-state index contributed by atoms with van der Waals surface area (Å²) in [5.41, 5.74) is 6.45. The highest BCUT2D eigenvalue weighted by molar-refractivity contribution is 5.83. The second-order valence-electron chi connectivity index (χ2n) is 2.70. The number of aromatic nitrogens is 2. The van der Waals surface area contributed by atoms with Crippen LogP contribution in [-0.4, -0.2) is 20.8 Å². The predicted molar refractivity (Wildman–Crippen MR) is 45.1 cm³/mol. The molecule has 0 spiro atoms. The van der Waals surface area contributed by atoms with E-state index in [2.05, 4.69) is 10.3 Å². The van der Waals surface area contributed by atoms with E-state index in [9.17, 15) is 0 Å². The molecule has 3 N–H and O–H groups in total. The van der Waals surface area contributed by atoms with Crippen molar-refractivity contribution in [3.8, 4) is 0 Å². The third kappa shape index (κ3) is 1.55. The van der Waals surface area contributed by atoms with E-state index in [1.165, 1.54) is 0 Å². The molecule has 0 fully saturated rings. The lowest BCUT2D eigenvalue weighted by Gasteiger charge is -2.08. The summed E-state index contributed by atoms with van der Waals surface area (Å²) in [6, 6.07) is -0.205. The highest BCUT2D eigenvalue weighted by Crippen LogP contribution is 2.05. The maximum Gasteiger partial charge on any atom is 0.163 e. The molecule has 0 saturated carbocycles. The fraction of sp³-hybridized carbons (Fsp3) is 0.429. The number of hydrogen-bond acceptors (Lipinski definition) is 3. The van der Waals surface area contributed by atoms with Crippen LogP contribution in [0.15, 0.2) is 17.5 Å². The Morgan fingerprint density at radius 1 is 1.83 bits per heavy atom. The molecule has 0 saturated heterocycles. The molecule has 0 bridgehead atoms. The van der Waals surface area contributed by atoms with E-state index in [0.717, 1.165) is 5.56 Å². The Hall–Kier alpha value is -1.52. The quantitative estimate of drug-likeness (QED) is 0.292. The predicted octanol–water partition coefficient (Wildman–Crippen LogP) is 0.499. The van der Waals surface area contributed by atoms with Crippen LogP contribution in [0, 0.1) is 6.92 Å². The Morgan fingerprint density at radius 3 is 2.92 bits per heavy atom. The van der Waals surface area contributed by atoms with Crippen LogP contribution in [0.3, 0.4) is 0 Å². The van der Waals surface area contributed by atoms with Crippen molar-refractivity contribution < 1.29 is 5.21 Å². The van der Waals surface area contributed by atoms with E-state index in [1.807, 2.05) is 20.0 Å². The summed E-state index contributed by atoms with van der Waals surface area (Å²) in [6.45, 7) is 3.74. The van der Waals surface area contributed by atoms with Crippen molar-refractivity contribution >= 4 is 5.84 Å². The molecule has 5 nitrogen and oxygen atoms in total. The van der Waals surface area contributed by atoms with Crippen LogP contribution in [0.5, 0.6) is 0 Å². The average molecular weight is 168 g/mol. The van der Waals surface area contributed by atoms with Crippen LogP contribution in [0.25, 0.3) is 0 Å². The minimum absolute atomic E-state index is 0.151. The zero-order valence-electron chi connectivity index (χ0n) is 7.10. The van der Waals surface area contributed by atoms with E-state index >= 15 is 0 Å². The molecule has 1 atom stereocenters. The number of nitrogens with two attached hydrogens (primary N) is 1. The van der Waals surface area contributed by atoms with Crippen LogP contribution in [0.2, 0.25) is 0 Å². The molecule has 1 aromatic rings. The van der Waals surface area contributed by atoms with Gasteiger partial charge in [-0.05, 0) is 19.4 Å². The summed E-state index contributed by atoms with van der Waals surface area (Å²) in [5.74, 6) is 0.151. The Bertz CT molecular complexity index is 291. The van der Waals surface area contributed by atoms with Gasteiger partial charge in [-0.3, -0.25) is 4.68 Å². The molecule has 1 unspecified atom stereocenters. The second-order valence-corrected chi connectivity index (χ2v) is 2.70. The van der Waals surface area contributed by atoms with E-state index in [4.69, 9.17) is 10.9 Å². The number of amidine groups is 1. The van der Waals surface area contributed by atoms with Gasteiger partial charge in [0.1, 0.15) is 6.04 Å². The van der Waals surface area contributed by atoms with Gasteiger partial charge in [0.2, 0.25) is 0 Å². The van der Waals surface area contributed by atoms with Crippen LogP contribution >= 0.6 is 0 Å². The van der Waals surface area contributed by atoms with Gasteiger partial charge >= 0.3 is 0 Å². The van der Waals surface area contributed by atoms with Gasteiger partial charge in [-0.2, -0.15) is 5.10 Å². The molecule has 0 aliphatic carbocycles. The highest BCUT2D eigenvalue weighted by Gasteiger charge is 2.09. The first-order valence-electron chi connectivity index (χ1n) is 3.63. The van der Waals surface area contributed by atoms with E-state index in [-0.39, 0.29) is 11.9 Å². The van der Waals surface area contributed by atoms with Crippen molar-refractivity contribution in [3.05, 3.63) is 18.0 Å². The lowest BCUT2D eigenvalue weighted by atomic mass is 10.3. The molecule has 1 aromatic heterocycles. The maximum atomic E-state index is 8.40. The lowest BCUT2D eigenvalue weighted by molar-refractivity contribution is 0.313. The van der Waals surface area contributed by atoms with Gasteiger partial charge in [0.05, 0.1) is 6.20 Å². The Labute approximate surface area is 70.5 Å². The normalized spacial score (nSPS) is 14.7. The van der Waals surface area contributed by atoms with Gasteiger partial charge < -0.3 is 10.9 Å². The Morgan fingerprint density at radius 2 is 2.50 bits per heavy atom. The summed E-state index contributed by atoms with van der Waals surface area (Å²) in [6.07, 6.45) is 3.56. The van der Waals surface area contributed by atoms with Crippen LogP contribution in [-0.2, 0) is 0 Å². The van der Waals surface area contributed by atoms with Crippen molar-refractivity contribution in [2.24, 2.45) is 10.9 Å². The zero-order valence-corrected chi connectivity index (χ0v) is 7.10. The third-order valence-electron chi connectivity index (χ3n) is 1.67. The molecule has 0 amide bonds. The zero-order chi connectivity index (χ0) is 9.14. The number of oxime groups is 1. The van der Waals surface area contributed by atoms with Crippen molar-refractivity contribution in [3.63, 3.8) is 0 Å². The minimum atomic E-state index is -0.205. The number of hydrogen-bond donors (Lipinski definition) is 2. The molecule has 0 aromatic carbocycles. The molecule has 12 heavy (non-hydrogen) atoms. The Kier molecular flexibility index (Phi) is 2.32. The van der Waals surface area contributed by atoms with Crippen LogP contribution in [0.4, 0.5) is 0 Å². The van der Waals surface area contributed by atoms with Gasteiger partial charge in [-0.1, -0.05) is 5.16 Å². The largest absolute Gasteiger partial charge is 0.409 e. The molecule has 66 valence electrons. The fourth-order valence-corrected chi connectivity index (χ4v) is 0.864. The topological polar surface area (TPSA) is 76.4 Å². The first-order chi connectivity index (χ1) is 5.65. The van der Waals surface area contributed by atoms with Gasteiger partial charge in [-0.15, -0.1) is 0 Å². The van der Waals surface area contributed by atoms with Gasteiger partial charge in [-0.25, -0.2) is 0 Å². The standard InChI is InChI=1S/C7H12N4O/c1-5-3-9-11(4-5)6(2)7(8)10-12/h3-4,6,12H,1-2H3,(H2,8,10). The smallest absolute Gasteiger partial charge is 0.163 e. The fourth-order valence-electron chi connectivity index (χ4n) is 0.864. The highest BCUT2D eigenvalue weighted by atomic mass is 16.4. The second kappa shape index (κ2) is 3.25. The van der Waals surface area contributed by atoms with Crippen molar-refractivity contribution in [1.29, 1.82) is 0 Å². The molecule has 1 heterocycles. The van der Waals surface area contributed by atoms with Gasteiger partial charge in [0.15, 0.2) is 5.84 Å². The van der Waals surface area contributed by atoms with Crippen molar-refractivity contribution in [1.82, 2.24) is 9.78 Å². The summed E-state index contributed by atoms with van der Waals surface area (Å²) < 4.78 is 1.64. The molecular weight excluding hydrogens is 156 g/mol. The average Bonchev–Trinajstić information content (AvgIpc) is 2.49. The van der Waals surface area contributed by atoms with Crippen LogP contribution in [0.1, 0.15) is 18.5 Å². The molecule has 0 radical (unpaired) electrons. The number of rotatable bonds is 2. The number of aryl methyl sites for hydroxylation is 1. The molecular formula is C7H12N4O. The summed E-state index contributed by atoms with van der Waals surface area (Å²) >= 11 is 0. The molecule has 0 aliphatic rings. The van der Waals surface area contributed by atoms with Gasteiger partial charge in [0.25, 0.3) is 0 Å². The first-order valence-corrected chi connectivity index (χ1v) is 3.63. The summed E-state index contributed by atoms with van der Waals surface area (Å²) in [4.78, 5) is 0. The summed E-state index contributed by atoms with van der Waals surface area (Å²) in [5, 5.41) is 15.3. The summed E-state index contributed by atoms with van der Waals surface area (Å²) in [7, 11) is 0. The number of nitrogens with zero attached hydrogens (tertiary/aromatic N) is 3. The molecule has 0 aliphatic heterocycles. The van der Waals surface area contributed by atoms with Gasteiger partial charge in [0, 0.05) is 6.20 Å².